The third-order valence-electron chi connectivity index (χ3n) is 5.64. The second-order valence-electron chi connectivity index (χ2n) is 6.96. The topological polar surface area (TPSA) is 15.7 Å². The van der Waals surface area contributed by atoms with Crippen LogP contribution in [0, 0.1) is 0 Å². The van der Waals surface area contributed by atoms with Crippen LogP contribution in [-0.4, -0.2) is 56.2 Å². The Kier molecular flexibility index (Phi) is 3.64. The Balaban J connectivity index is 1.36. The molecule has 2 unspecified atom stereocenters. The molecule has 1 heterocycles. The van der Waals surface area contributed by atoms with Crippen molar-refractivity contribution in [2.45, 2.75) is 31.1 Å². The fraction of sp³-hybridized carbons (Fsp3) is 0.667. The maximum atomic E-state index is 6.18. The normalized spacial score (nSPS) is 28.8. The zero-order chi connectivity index (χ0) is 14.2. The predicted octanol–water partition coefficient (Wildman–Crippen LogP) is 2.68. The summed E-state index contributed by atoms with van der Waals surface area (Å²) >= 11 is 0. The van der Waals surface area contributed by atoms with E-state index >= 15 is 0 Å². The highest BCUT2D eigenvalue weighted by molar-refractivity contribution is 5.50. The Hall–Kier alpha value is -1.06. The fourth-order valence-corrected chi connectivity index (χ4v) is 4.36. The van der Waals surface area contributed by atoms with Crippen LogP contribution >= 0.6 is 0 Å². The van der Waals surface area contributed by atoms with Gasteiger partial charge in [0.05, 0.1) is 0 Å². The lowest BCUT2D eigenvalue weighted by atomic mass is 9.91. The van der Waals surface area contributed by atoms with Crippen LogP contribution in [0.25, 0.3) is 0 Å². The van der Waals surface area contributed by atoms with Crippen molar-refractivity contribution in [3.05, 3.63) is 29.3 Å². The number of hydrogen-bond acceptors (Lipinski definition) is 3. The zero-order valence-corrected chi connectivity index (χ0v) is 13.1. The van der Waals surface area contributed by atoms with Gasteiger partial charge in [0.2, 0.25) is 0 Å². The number of ether oxygens (including phenoxy) is 1. The SMILES string of the molecule is CN1CCN(CCOc2cccc3c2C2CCC3C2)CC1. The summed E-state index contributed by atoms with van der Waals surface area (Å²) in [7, 11) is 2.20. The first-order valence-corrected chi connectivity index (χ1v) is 8.48. The second kappa shape index (κ2) is 5.62. The molecule has 1 saturated heterocycles. The predicted molar refractivity (Wildman–Crippen MR) is 85.2 cm³/mol. The van der Waals surface area contributed by atoms with Gasteiger partial charge in [-0.15, -0.1) is 0 Å². The van der Waals surface area contributed by atoms with E-state index in [1.165, 1.54) is 51.2 Å². The van der Waals surface area contributed by atoms with Gasteiger partial charge in [0, 0.05) is 38.3 Å². The van der Waals surface area contributed by atoms with Crippen LogP contribution in [0.1, 0.15) is 42.2 Å². The summed E-state index contributed by atoms with van der Waals surface area (Å²) in [6.45, 7) is 6.62. The summed E-state index contributed by atoms with van der Waals surface area (Å²) < 4.78 is 6.18. The molecule has 1 aromatic carbocycles. The Labute approximate surface area is 127 Å². The van der Waals surface area contributed by atoms with Gasteiger partial charge in [-0.1, -0.05) is 12.1 Å². The Morgan fingerprint density at radius 3 is 2.76 bits per heavy atom. The van der Waals surface area contributed by atoms with E-state index in [2.05, 4.69) is 35.0 Å². The van der Waals surface area contributed by atoms with Gasteiger partial charge in [0.1, 0.15) is 12.4 Å². The molecule has 2 bridgehead atoms. The molecule has 3 nitrogen and oxygen atoms in total. The van der Waals surface area contributed by atoms with Gasteiger partial charge in [-0.05, 0) is 49.8 Å². The summed E-state index contributed by atoms with van der Waals surface area (Å²) in [5, 5.41) is 0. The molecule has 0 N–H and O–H groups in total. The molecule has 0 radical (unpaired) electrons. The highest BCUT2D eigenvalue weighted by Gasteiger charge is 2.38. The summed E-state index contributed by atoms with van der Waals surface area (Å²) in [6.07, 6.45) is 4.13. The van der Waals surface area contributed by atoms with E-state index in [-0.39, 0.29) is 0 Å². The van der Waals surface area contributed by atoms with E-state index in [9.17, 15) is 0 Å². The van der Waals surface area contributed by atoms with Crippen LogP contribution in [0.3, 0.4) is 0 Å². The van der Waals surface area contributed by atoms with Crippen LogP contribution in [0.5, 0.6) is 5.75 Å². The van der Waals surface area contributed by atoms with Crippen LogP contribution in [0.2, 0.25) is 0 Å². The van der Waals surface area contributed by atoms with Gasteiger partial charge in [-0.25, -0.2) is 0 Å². The maximum Gasteiger partial charge on any atom is 0.123 e. The molecular formula is C18H26N2O. The van der Waals surface area contributed by atoms with Crippen LogP contribution < -0.4 is 4.74 Å². The smallest absolute Gasteiger partial charge is 0.123 e. The number of fused-ring (bicyclic) bond motifs is 5. The van der Waals surface area contributed by atoms with Crippen molar-refractivity contribution in [1.29, 1.82) is 0 Å². The average molecular weight is 286 g/mol. The third-order valence-corrected chi connectivity index (χ3v) is 5.64. The van der Waals surface area contributed by atoms with E-state index in [1.54, 1.807) is 11.1 Å². The molecule has 1 saturated carbocycles. The van der Waals surface area contributed by atoms with Crippen LogP contribution in [0.4, 0.5) is 0 Å². The quantitative estimate of drug-likeness (QED) is 0.846. The first kappa shape index (κ1) is 13.6. The number of piperazine rings is 1. The molecule has 0 spiro atoms. The highest BCUT2D eigenvalue weighted by Crippen LogP contribution is 2.55. The van der Waals surface area contributed by atoms with Crippen LogP contribution in [0.15, 0.2) is 18.2 Å². The van der Waals surface area contributed by atoms with Crippen molar-refractivity contribution in [1.82, 2.24) is 9.80 Å². The standard InChI is InChI=1S/C18H26N2O/c1-19-7-9-20(10-8-19)11-12-21-17-4-2-3-16-14-5-6-15(13-14)18(16)17/h2-4,14-15H,5-13H2,1H3. The van der Waals surface area contributed by atoms with Crippen molar-refractivity contribution in [3.63, 3.8) is 0 Å². The van der Waals surface area contributed by atoms with Gasteiger partial charge in [-0.3, -0.25) is 4.90 Å². The summed E-state index contributed by atoms with van der Waals surface area (Å²) in [4.78, 5) is 4.92. The van der Waals surface area contributed by atoms with Crippen molar-refractivity contribution < 1.29 is 4.74 Å². The van der Waals surface area contributed by atoms with Gasteiger partial charge in [0.25, 0.3) is 0 Å². The van der Waals surface area contributed by atoms with Crippen LogP contribution in [-0.2, 0) is 0 Å². The fourth-order valence-electron chi connectivity index (χ4n) is 4.36. The molecule has 2 fully saturated rings. The van der Waals surface area contributed by atoms with Crippen molar-refractivity contribution in [2.75, 3.05) is 46.4 Å². The minimum atomic E-state index is 0.782. The lowest BCUT2D eigenvalue weighted by molar-refractivity contribution is 0.133. The largest absolute Gasteiger partial charge is 0.492 e. The van der Waals surface area contributed by atoms with E-state index in [0.717, 1.165) is 25.0 Å². The minimum Gasteiger partial charge on any atom is -0.492 e. The number of hydrogen-bond donors (Lipinski definition) is 0. The number of likely N-dealkylation sites (N-methyl/N-ethyl adjacent to an activating group) is 1. The summed E-state index contributed by atoms with van der Waals surface area (Å²) in [5.74, 6) is 2.78. The minimum absolute atomic E-state index is 0.782. The van der Waals surface area contributed by atoms with E-state index in [4.69, 9.17) is 4.74 Å². The van der Waals surface area contributed by atoms with Crippen molar-refractivity contribution >= 4 is 0 Å². The zero-order valence-electron chi connectivity index (χ0n) is 13.1. The lowest BCUT2D eigenvalue weighted by Gasteiger charge is -2.32. The molecule has 1 aliphatic heterocycles. The molecule has 4 rings (SSSR count). The van der Waals surface area contributed by atoms with Gasteiger partial charge < -0.3 is 9.64 Å². The second-order valence-corrected chi connectivity index (χ2v) is 6.96. The van der Waals surface area contributed by atoms with Gasteiger partial charge >= 0.3 is 0 Å². The monoisotopic (exact) mass is 286 g/mol. The molecule has 1 aromatic rings. The number of benzene rings is 1. The Morgan fingerprint density at radius 2 is 1.90 bits per heavy atom. The Morgan fingerprint density at radius 1 is 1.10 bits per heavy atom. The molecule has 2 aliphatic carbocycles. The number of rotatable bonds is 4. The molecule has 3 heteroatoms. The first-order valence-electron chi connectivity index (χ1n) is 8.48. The van der Waals surface area contributed by atoms with E-state index < -0.39 is 0 Å². The van der Waals surface area contributed by atoms with Crippen molar-refractivity contribution in [3.8, 4) is 5.75 Å². The van der Waals surface area contributed by atoms with E-state index in [1.807, 2.05) is 0 Å². The lowest BCUT2D eigenvalue weighted by Crippen LogP contribution is -2.45. The Bertz CT molecular complexity index is 508. The molecular weight excluding hydrogens is 260 g/mol. The first-order chi connectivity index (χ1) is 10.3. The molecule has 3 aliphatic rings. The molecule has 114 valence electrons. The van der Waals surface area contributed by atoms with Gasteiger partial charge in [0.15, 0.2) is 0 Å². The van der Waals surface area contributed by atoms with Gasteiger partial charge in [-0.2, -0.15) is 0 Å². The molecule has 21 heavy (non-hydrogen) atoms. The average Bonchev–Trinajstić information content (AvgIpc) is 3.12. The molecule has 0 amide bonds. The molecule has 0 aromatic heterocycles. The van der Waals surface area contributed by atoms with Crippen molar-refractivity contribution in [2.24, 2.45) is 0 Å². The highest BCUT2D eigenvalue weighted by atomic mass is 16.5. The summed E-state index contributed by atoms with van der Waals surface area (Å²) in [5.41, 5.74) is 3.13. The van der Waals surface area contributed by atoms with E-state index in [0.29, 0.717) is 0 Å². The maximum absolute atomic E-state index is 6.18. The number of nitrogens with zero attached hydrogens (tertiary/aromatic N) is 2. The summed E-state index contributed by atoms with van der Waals surface area (Å²) in [6, 6.07) is 6.70. The third kappa shape index (κ3) is 2.58. The molecule has 2 atom stereocenters.